The van der Waals surface area contributed by atoms with Gasteiger partial charge in [-0.2, -0.15) is 0 Å². The van der Waals surface area contributed by atoms with E-state index >= 15 is 0 Å². The van der Waals surface area contributed by atoms with E-state index in [0.29, 0.717) is 33.4 Å². The number of imidazole rings is 1. The van der Waals surface area contributed by atoms with Gasteiger partial charge in [-0.25, -0.2) is 19.5 Å². The molecule has 0 saturated carbocycles. The Morgan fingerprint density at radius 3 is 2.75 bits per heavy atom. The second-order valence-electron chi connectivity index (χ2n) is 6.17. The van der Waals surface area contributed by atoms with Crippen LogP contribution in [0.5, 0.6) is 5.75 Å². The largest absolute Gasteiger partial charge is 0.497 e. The van der Waals surface area contributed by atoms with Crippen molar-refractivity contribution in [1.29, 1.82) is 0 Å². The van der Waals surface area contributed by atoms with E-state index in [1.807, 2.05) is 59.2 Å². The molecular weight excluding hydrogens is 374 g/mol. The Bertz CT molecular complexity index is 1420. The zero-order valence-corrected chi connectivity index (χ0v) is 16.0. The lowest BCUT2D eigenvalue weighted by Gasteiger charge is -2.12. The molecule has 0 amide bonds. The smallest absolute Gasteiger partial charge is 0.270 e. The molecule has 0 spiro atoms. The van der Waals surface area contributed by atoms with Crippen LogP contribution in [0.2, 0.25) is 0 Å². The van der Waals surface area contributed by atoms with Gasteiger partial charge in [0.15, 0.2) is 10.8 Å². The quantitative estimate of drug-likeness (QED) is 0.348. The van der Waals surface area contributed by atoms with Crippen molar-refractivity contribution in [1.82, 2.24) is 23.9 Å². The van der Waals surface area contributed by atoms with Gasteiger partial charge in [0.2, 0.25) is 5.78 Å². The third-order valence-electron chi connectivity index (χ3n) is 4.63. The van der Waals surface area contributed by atoms with Gasteiger partial charge in [0.05, 0.1) is 23.8 Å². The Hall–Kier alpha value is -3.39. The van der Waals surface area contributed by atoms with Gasteiger partial charge in [0, 0.05) is 12.3 Å². The van der Waals surface area contributed by atoms with Crippen molar-refractivity contribution in [3.8, 4) is 11.4 Å². The van der Waals surface area contributed by atoms with Crippen LogP contribution in [0.25, 0.3) is 33.5 Å². The van der Waals surface area contributed by atoms with Crippen molar-refractivity contribution in [3.05, 3.63) is 65.1 Å². The summed E-state index contributed by atoms with van der Waals surface area (Å²) in [6, 6.07) is 15.1. The van der Waals surface area contributed by atoms with Crippen molar-refractivity contribution in [2.75, 3.05) is 13.4 Å². The molecule has 0 fully saturated rings. The molecule has 5 aromatic rings. The third-order valence-corrected chi connectivity index (χ3v) is 5.19. The van der Waals surface area contributed by atoms with Gasteiger partial charge in [0.25, 0.3) is 5.56 Å². The second-order valence-corrected chi connectivity index (χ2v) is 6.95. The van der Waals surface area contributed by atoms with Crippen LogP contribution in [-0.2, 0) is 0 Å². The first-order valence-electron chi connectivity index (χ1n) is 8.58. The number of nitrogens with zero attached hydrogens (tertiary/aromatic N) is 5. The van der Waals surface area contributed by atoms with Gasteiger partial charge in [-0.3, -0.25) is 9.20 Å². The summed E-state index contributed by atoms with van der Waals surface area (Å²) < 4.78 is 8.82. The van der Waals surface area contributed by atoms with Crippen LogP contribution in [0.1, 0.15) is 0 Å². The number of aromatic nitrogens is 5. The molecule has 7 nitrogen and oxygen atoms in total. The van der Waals surface area contributed by atoms with Crippen LogP contribution in [0, 0.1) is 0 Å². The lowest BCUT2D eigenvalue weighted by molar-refractivity contribution is 0.414. The molecule has 0 aliphatic carbocycles. The maximum absolute atomic E-state index is 13.4. The number of hydrogen-bond acceptors (Lipinski definition) is 6. The Balaban J connectivity index is 2.03. The second kappa shape index (κ2) is 6.35. The lowest BCUT2D eigenvalue weighted by atomic mass is 10.3. The number of methoxy groups -OCH3 is 1. The van der Waals surface area contributed by atoms with Gasteiger partial charge in [-0.15, -0.1) is 0 Å². The fraction of sp³-hybridized carbons (Fsp3) is 0.100. The summed E-state index contributed by atoms with van der Waals surface area (Å²) in [5.41, 5.74) is 2.66. The molecule has 0 unspecified atom stereocenters. The minimum atomic E-state index is -0.223. The Labute approximate surface area is 163 Å². The fourth-order valence-electron chi connectivity index (χ4n) is 3.34. The number of hydrogen-bond donors (Lipinski definition) is 0. The van der Waals surface area contributed by atoms with E-state index in [1.54, 1.807) is 17.9 Å². The number of thioether (sulfide) groups is 1. The third kappa shape index (κ3) is 2.38. The van der Waals surface area contributed by atoms with E-state index in [9.17, 15) is 4.79 Å². The van der Waals surface area contributed by atoms with Gasteiger partial charge >= 0.3 is 0 Å². The van der Waals surface area contributed by atoms with Crippen molar-refractivity contribution < 1.29 is 4.74 Å². The maximum Gasteiger partial charge on any atom is 0.270 e. The zero-order valence-electron chi connectivity index (χ0n) is 15.2. The van der Waals surface area contributed by atoms with E-state index < -0.39 is 0 Å². The Morgan fingerprint density at radius 2 is 1.93 bits per heavy atom. The SMILES string of the molecule is COc1cccc(-n2c(=O)c3cnc(SC)nc3n3c4ccccc4nc23)c1. The summed E-state index contributed by atoms with van der Waals surface area (Å²) in [6.45, 7) is 0. The van der Waals surface area contributed by atoms with E-state index in [4.69, 9.17) is 9.72 Å². The van der Waals surface area contributed by atoms with Crippen LogP contribution in [0.15, 0.2) is 64.7 Å². The van der Waals surface area contributed by atoms with Crippen LogP contribution in [0.3, 0.4) is 0 Å². The number of para-hydroxylation sites is 2. The molecule has 0 radical (unpaired) electrons. The maximum atomic E-state index is 13.4. The average molecular weight is 389 g/mol. The topological polar surface area (TPSA) is 74.3 Å². The average Bonchev–Trinajstić information content (AvgIpc) is 3.13. The van der Waals surface area contributed by atoms with Crippen molar-refractivity contribution >= 4 is 39.6 Å². The van der Waals surface area contributed by atoms with E-state index in [2.05, 4.69) is 9.97 Å². The van der Waals surface area contributed by atoms with E-state index in [1.165, 1.54) is 11.8 Å². The highest BCUT2D eigenvalue weighted by molar-refractivity contribution is 7.98. The zero-order chi connectivity index (χ0) is 19.3. The van der Waals surface area contributed by atoms with Gasteiger partial charge in [-0.1, -0.05) is 30.0 Å². The summed E-state index contributed by atoms with van der Waals surface area (Å²) >= 11 is 1.43. The standard InChI is InChI=1S/C20H15N5O2S/c1-27-13-7-5-6-12(10-13)24-18(26)14-11-21-19(28-2)23-17(14)25-16-9-4-3-8-15(16)22-20(24)25/h3-11H,1-2H3. The molecule has 5 rings (SSSR count). The molecule has 0 aliphatic rings. The first-order valence-corrected chi connectivity index (χ1v) is 9.81. The molecule has 0 N–H and O–H groups in total. The molecule has 0 bridgehead atoms. The lowest BCUT2D eigenvalue weighted by Crippen LogP contribution is -2.22. The molecule has 3 heterocycles. The minimum absolute atomic E-state index is 0.223. The molecule has 0 aliphatic heterocycles. The van der Waals surface area contributed by atoms with E-state index in [-0.39, 0.29) is 5.56 Å². The molecule has 8 heteroatoms. The highest BCUT2D eigenvalue weighted by Crippen LogP contribution is 2.24. The van der Waals surface area contributed by atoms with Crippen molar-refractivity contribution in [2.24, 2.45) is 0 Å². The van der Waals surface area contributed by atoms with Crippen molar-refractivity contribution in [2.45, 2.75) is 5.16 Å². The highest BCUT2D eigenvalue weighted by atomic mass is 32.2. The molecule has 3 aromatic heterocycles. The molecule has 2 aromatic carbocycles. The van der Waals surface area contributed by atoms with Gasteiger partial charge < -0.3 is 4.74 Å². The first kappa shape index (κ1) is 16.8. The van der Waals surface area contributed by atoms with Crippen LogP contribution >= 0.6 is 11.8 Å². The Kier molecular flexibility index (Phi) is 3.80. The minimum Gasteiger partial charge on any atom is -0.497 e. The number of fused-ring (bicyclic) bond motifs is 5. The molecule has 138 valence electrons. The summed E-state index contributed by atoms with van der Waals surface area (Å²) in [6.07, 6.45) is 3.49. The normalized spacial score (nSPS) is 11.5. The summed E-state index contributed by atoms with van der Waals surface area (Å²) in [5, 5.41) is 1.03. The fourth-order valence-corrected chi connectivity index (χ4v) is 3.68. The van der Waals surface area contributed by atoms with E-state index in [0.717, 1.165) is 11.0 Å². The molecule has 28 heavy (non-hydrogen) atoms. The summed E-state index contributed by atoms with van der Waals surface area (Å²) in [7, 11) is 1.60. The predicted octanol–water partition coefficient (Wildman–Crippen LogP) is 3.31. The summed E-state index contributed by atoms with van der Waals surface area (Å²) in [4.78, 5) is 27.0. The summed E-state index contributed by atoms with van der Waals surface area (Å²) in [5.74, 6) is 1.16. The molecular formula is C20H15N5O2S. The number of ether oxygens (including phenoxy) is 1. The number of benzene rings is 2. The monoisotopic (exact) mass is 389 g/mol. The molecule has 0 saturated heterocycles. The number of rotatable bonds is 3. The molecule has 0 atom stereocenters. The van der Waals surface area contributed by atoms with Crippen LogP contribution in [-0.4, -0.2) is 37.3 Å². The van der Waals surface area contributed by atoms with Gasteiger partial charge in [-0.05, 0) is 30.5 Å². The highest BCUT2D eigenvalue weighted by Gasteiger charge is 2.18. The van der Waals surface area contributed by atoms with Crippen molar-refractivity contribution in [3.63, 3.8) is 0 Å². The predicted molar refractivity (Wildman–Crippen MR) is 110 cm³/mol. The van der Waals surface area contributed by atoms with Crippen LogP contribution < -0.4 is 10.3 Å². The van der Waals surface area contributed by atoms with Crippen LogP contribution in [0.4, 0.5) is 0 Å². The Morgan fingerprint density at radius 1 is 1.07 bits per heavy atom. The first-order chi connectivity index (χ1) is 13.7. The van der Waals surface area contributed by atoms with Gasteiger partial charge in [0.1, 0.15) is 11.1 Å².